The Balaban J connectivity index is 1.62. The van der Waals surface area contributed by atoms with E-state index in [4.69, 9.17) is 0 Å². The summed E-state index contributed by atoms with van der Waals surface area (Å²) in [5.41, 5.74) is 1.33. The van der Waals surface area contributed by atoms with Crippen LogP contribution >= 0.6 is 0 Å². The van der Waals surface area contributed by atoms with E-state index < -0.39 is 12.0 Å². The normalized spacial score (nSPS) is 17.0. The van der Waals surface area contributed by atoms with Gasteiger partial charge in [0.15, 0.2) is 0 Å². The number of benzene rings is 1. The van der Waals surface area contributed by atoms with Crippen molar-refractivity contribution in [1.82, 2.24) is 20.4 Å². The second-order valence-corrected chi connectivity index (χ2v) is 6.69. The van der Waals surface area contributed by atoms with Gasteiger partial charge in [0.25, 0.3) is 5.91 Å². The van der Waals surface area contributed by atoms with Gasteiger partial charge in [-0.25, -0.2) is 4.79 Å². The van der Waals surface area contributed by atoms with Crippen molar-refractivity contribution in [3.63, 3.8) is 0 Å². The van der Waals surface area contributed by atoms with Gasteiger partial charge in [-0.05, 0) is 37.8 Å². The number of nitrogens with one attached hydrogen (secondary N) is 2. The molecule has 2 amide bonds. The van der Waals surface area contributed by atoms with Crippen molar-refractivity contribution in [1.29, 1.82) is 0 Å². The molecule has 1 atom stereocenters. The van der Waals surface area contributed by atoms with E-state index in [0.29, 0.717) is 31.5 Å². The number of fused-ring (bicyclic) bond motifs is 1. The fourth-order valence-corrected chi connectivity index (χ4v) is 3.33. The van der Waals surface area contributed by atoms with Gasteiger partial charge >= 0.3 is 5.97 Å². The van der Waals surface area contributed by atoms with Gasteiger partial charge in [0, 0.05) is 30.1 Å². The highest BCUT2D eigenvalue weighted by atomic mass is 16.5. The molecule has 1 fully saturated rings. The van der Waals surface area contributed by atoms with E-state index in [1.807, 2.05) is 6.07 Å². The van der Waals surface area contributed by atoms with Crippen molar-refractivity contribution in [2.75, 3.05) is 20.2 Å². The maximum Gasteiger partial charge on any atom is 0.330 e. The van der Waals surface area contributed by atoms with Crippen LogP contribution in [0.4, 0.5) is 0 Å². The summed E-state index contributed by atoms with van der Waals surface area (Å²) in [6, 6.07) is 4.90. The van der Waals surface area contributed by atoms with Gasteiger partial charge < -0.3 is 15.0 Å². The quantitative estimate of drug-likeness (QED) is 0.449. The van der Waals surface area contributed by atoms with Crippen molar-refractivity contribution >= 4 is 28.7 Å². The monoisotopic (exact) mass is 384 g/mol. The summed E-state index contributed by atoms with van der Waals surface area (Å²) in [6.45, 7) is 0.950. The zero-order valence-corrected chi connectivity index (χ0v) is 15.8. The lowest BCUT2D eigenvalue weighted by molar-refractivity contribution is -0.134. The molecule has 2 aromatic rings. The summed E-state index contributed by atoms with van der Waals surface area (Å²) in [5, 5.41) is 10.6. The first kappa shape index (κ1) is 19.6. The van der Waals surface area contributed by atoms with E-state index in [1.54, 1.807) is 29.3 Å². The molecule has 28 heavy (non-hydrogen) atoms. The largest absolute Gasteiger partial charge is 0.466 e. The summed E-state index contributed by atoms with van der Waals surface area (Å²) in [5.74, 6) is -0.742. The molecule has 1 aromatic carbocycles. The average molecular weight is 384 g/mol. The number of nitrogens with zero attached hydrogens (tertiary/aromatic N) is 2. The van der Waals surface area contributed by atoms with Crippen molar-refractivity contribution in [3.05, 3.63) is 42.1 Å². The highest BCUT2D eigenvalue weighted by Crippen LogP contribution is 2.21. The van der Waals surface area contributed by atoms with Crippen LogP contribution in [0, 0.1) is 0 Å². The predicted octanol–water partition coefficient (Wildman–Crippen LogP) is 1.79. The number of hydrogen-bond donors (Lipinski definition) is 2. The van der Waals surface area contributed by atoms with Gasteiger partial charge in [-0.1, -0.05) is 12.1 Å². The van der Waals surface area contributed by atoms with Crippen LogP contribution in [-0.4, -0.2) is 59.1 Å². The molecule has 1 aliphatic heterocycles. The molecule has 8 heteroatoms. The molecular weight excluding hydrogens is 360 g/mol. The molecule has 1 aliphatic rings. The molecule has 1 saturated heterocycles. The molecule has 2 N–H and O–H groups in total. The van der Waals surface area contributed by atoms with Crippen molar-refractivity contribution in [3.8, 4) is 0 Å². The Hall–Kier alpha value is -3.16. The molecule has 3 rings (SSSR count). The van der Waals surface area contributed by atoms with Gasteiger partial charge in [-0.3, -0.25) is 14.7 Å². The number of amides is 2. The Kier molecular flexibility index (Phi) is 6.41. The van der Waals surface area contributed by atoms with Crippen LogP contribution in [0.2, 0.25) is 0 Å². The maximum absolute atomic E-state index is 13.0. The first-order valence-corrected chi connectivity index (χ1v) is 9.36. The van der Waals surface area contributed by atoms with Crippen LogP contribution in [0.5, 0.6) is 0 Å². The van der Waals surface area contributed by atoms with Crippen LogP contribution in [0.25, 0.3) is 10.9 Å². The van der Waals surface area contributed by atoms with E-state index >= 15 is 0 Å². The van der Waals surface area contributed by atoms with Crippen molar-refractivity contribution in [2.24, 2.45) is 0 Å². The molecule has 0 saturated carbocycles. The third-order valence-electron chi connectivity index (χ3n) is 4.82. The standard InChI is InChI=1S/C20H24N4O4/c1-28-18(25)7-2-4-10-21-19(26)17-6-3-5-11-24(17)20(27)14-8-9-15-13-22-23-16(15)12-14/h2,7-9,12-13,17H,3-6,10-11H2,1H3,(H,21,26)(H,22,23)/b7-2+. The lowest BCUT2D eigenvalue weighted by Gasteiger charge is -2.34. The van der Waals surface area contributed by atoms with Gasteiger partial charge in [-0.15, -0.1) is 0 Å². The zero-order valence-electron chi connectivity index (χ0n) is 15.8. The molecular formula is C20H24N4O4. The second kappa shape index (κ2) is 9.16. The minimum atomic E-state index is -0.483. The lowest BCUT2D eigenvalue weighted by atomic mass is 9.99. The zero-order chi connectivity index (χ0) is 19.9. The number of methoxy groups -OCH3 is 1. The summed E-state index contributed by atoms with van der Waals surface area (Å²) >= 11 is 0. The summed E-state index contributed by atoms with van der Waals surface area (Å²) < 4.78 is 4.51. The molecule has 1 unspecified atom stereocenters. The van der Waals surface area contributed by atoms with Crippen LogP contribution in [-0.2, 0) is 14.3 Å². The Labute approximate surface area is 162 Å². The number of likely N-dealkylation sites (tertiary alicyclic amines) is 1. The van der Waals surface area contributed by atoms with E-state index in [9.17, 15) is 14.4 Å². The first-order chi connectivity index (χ1) is 13.6. The van der Waals surface area contributed by atoms with Crippen LogP contribution in [0.1, 0.15) is 36.0 Å². The molecule has 148 valence electrons. The smallest absolute Gasteiger partial charge is 0.330 e. The van der Waals surface area contributed by atoms with Crippen LogP contribution in [0.15, 0.2) is 36.5 Å². The number of aromatic amines is 1. The molecule has 0 aliphatic carbocycles. The summed E-state index contributed by atoms with van der Waals surface area (Å²) in [6.07, 6.45) is 7.62. The SMILES string of the molecule is COC(=O)/C=C/CCNC(=O)C1CCCCN1C(=O)c1ccc2cn[nH]c2c1. The molecule has 1 aromatic heterocycles. The summed E-state index contributed by atoms with van der Waals surface area (Å²) in [7, 11) is 1.31. The van der Waals surface area contributed by atoms with Crippen molar-refractivity contribution < 1.29 is 19.1 Å². The fraction of sp³-hybridized carbons (Fsp3) is 0.400. The third kappa shape index (κ3) is 4.57. The molecule has 0 bridgehead atoms. The molecule has 0 spiro atoms. The van der Waals surface area contributed by atoms with Gasteiger partial charge in [0.1, 0.15) is 6.04 Å². The third-order valence-corrected chi connectivity index (χ3v) is 4.82. The minimum Gasteiger partial charge on any atom is -0.466 e. The van der Waals surface area contributed by atoms with Gasteiger partial charge in [0.05, 0.1) is 18.8 Å². The molecule has 8 nitrogen and oxygen atoms in total. The topological polar surface area (TPSA) is 104 Å². The Bertz CT molecular complexity index is 889. The van der Waals surface area contributed by atoms with E-state index in [1.165, 1.54) is 13.2 Å². The first-order valence-electron chi connectivity index (χ1n) is 9.36. The van der Waals surface area contributed by atoms with E-state index in [2.05, 4.69) is 20.3 Å². The number of esters is 1. The number of carbonyl (C=O) groups excluding carboxylic acids is 3. The van der Waals surface area contributed by atoms with E-state index in [0.717, 1.165) is 23.7 Å². The van der Waals surface area contributed by atoms with Gasteiger partial charge in [-0.2, -0.15) is 5.10 Å². The van der Waals surface area contributed by atoms with Crippen LogP contribution < -0.4 is 5.32 Å². The van der Waals surface area contributed by atoms with E-state index in [-0.39, 0.29) is 11.8 Å². The Morgan fingerprint density at radius 2 is 2.21 bits per heavy atom. The van der Waals surface area contributed by atoms with Gasteiger partial charge in [0.2, 0.25) is 5.91 Å². The number of aromatic nitrogens is 2. The number of H-pyrrole nitrogens is 1. The number of carbonyl (C=O) groups is 3. The highest BCUT2D eigenvalue weighted by molar-refractivity contribution is 6.00. The molecule has 0 radical (unpaired) electrons. The predicted molar refractivity (Wildman–Crippen MR) is 104 cm³/mol. The second-order valence-electron chi connectivity index (χ2n) is 6.69. The average Bonchev–Trinajstić information content (AvgIpc) is 3.20. The number of hydrogen-bond acceptors (Lipinski definition) is 5. The Morgan fingerprint density at radius 1 is 1.36 bits per heavy atom. The fourth-order valence-electron chi connectivity index (χ4n) is 3.33. The number of rotatable bonds is 6. The van der Waals surface area contributed by atoms with Crippen LogP contribution in [0.3, 0.4) is 0 Å². The number of piperidine rings is 1. The number of ether oxygens (including phenoxy) is 1. The maximum atomic E-state index is 13.0. The Morgan fingerprint density at radius 3 is 3.04 bits per heavy atom. The molecule has 2 heterocycles. The summed E-state index contributed by atoms with van der Waals surface area (Å²) in [4.78, 5) is 38.3. The lowest BCUT2D eigenvalue weighted by Crippen LogP contribution is -2.52. The highest BCUT2D eigenvalue weighted by Gasteiger charge is 2.32. The minimum absolute atomic E-state index is 0.151. The van der Waals surface area contributed by atoms with Crippen molar-refractivity contribution in [2.45, 2.75) is 31.7 Å².